The van der Waals surface area contributed by atoms with Gasteiger partial charge in [-0.3, -0.25) is 4.79 Å². The van der Waals surface area contributed by atoms with Gasteiger partial charge in [-0.1, -0.05) is 48.5 Å². The standard InChI is InChI=1S/C22H18FNO3S/c1-24(19-14-12-18(23)13-15-19)22(25)16-21(17-8-4-2-5-9-17)28(26,27)20-10-6-3-7-11-20/h2-16H,1H3/b21-16+. The van der Waals surface area contributed by atoms with Crippen LogP contribution in [0.1, 0.15) is 5.56 Å². The molecule has 3 rings (SSSR count). The normalized spacial score (nSPS) is 11.9. The number of hydrogen-bond donors (Lipinski definition) is 0. The molecule has 0 N–H and O–H groups in total. The van der Waals surface area contributed by atoms with E-state index in [1.54, 1.807) is 48.5 Å². The zero-order valence-electron chi connectivity index (χ0n) is 15.1. The summed E-state index contributed by atoms with van der Waals surface area (Å²) in [5, 5.41) is 0. The van der Waals surface area contributed by atoms with Gasteiger partial charge in [-0.2, -0.15) is 0 Å². The van der Waals surface area contributed by atoms with Crippen LogP contribution < -0.4 is 4.90 Å². The zero-order chi connectivity index (χ0) is 20.1. The second-order valence-electron chi connectivity index (χ2n) is 6.06. The molecule has 6 heteroatoms. The van der Waals surface area contributed by atoms with Crippen LogP contribution in [0.4, 0.5) is 10.1 Å². The van der Waals surface area contributed by atoms with Crippen LogP contribution in [0.15, 0.2) is 95.9 Å². The van der Waals surface area contributed by atoms with Crippen molar-refractivity contribution >= 4 is 26.3 Å². The maximum Gasteiger partial charge on any atom is 0.252 e. The summed E-state index contributed by atoms with van der Waals surface area (Å²) in [4.78, 5) is 14.0. The van der Waals surface area contributed by atoms with Crippen LogP contribution in [-0.2, 0) is 14.6 Å². The Labute approximate surface area is 163 Å². The highest BCUT2D eigenvalue weighted by Gasteiger charge is 2.24. The van der Waals surface area contributed by atoms with Gasteiger partial charge in [0.1, 0.15) is 5.82 Å². The Morgan fingerprint density at radius 3 is 1.96 bits per heavy atom. The summed E-state index contributed by atoms with van der Waals surface area (Å²) < 4.78 is 39.5. The number of nitrogens with zero attached hydrogens (tertiary/aromatic N) is 1. The average molecular weight is 395 g/mol. The largest absolute Gasteiger partial charge is 0.312 e. The Morgan fingerprint density at radius 1 is 0.857 bits per heavy atom. The fourth-order valence-electron chi connectivity index (χ4n) is 2.65. The third-order valence-electron chi connectivity index (χ3n) is 4.20. The summed E-state index contributed by atoms with van der Waals surface area (Å²) in [7, 11) is -2.41. The van der Waals surface area contributed by atoms with Gasteiger partial charge < -0.3 is 4.90 Å². The summed E-state index contributed by atoms with van der Waals surface area (Å²) in [6.07, 6.45) is 1.10. The quantitative estimate of drug-likeness (QED) is 0.605. The van der Waals surface area contributed by atoms with Crippen LogP contribution in [0.5, 0.6) is 0 Å². The predicted octanol–water partition coefficient (Wildman–Crippen LogP) is 4.30. The first-order valence-electron chi connectivity index (χ1n) is 8.50. The third-order valence-corrected chi connectivity index (χ3v) is 6.03. The Bertz CT molecular complexity index is 1090. The van der Waals surface area contributed by atoms with E-state index >= 15 is 0 Å². The van der Waals surface area contributed by atoms with E-state index in [9.17, 15) is 17.6 Å². The molecule has 1 amide bonds. The lowest BCUT2D eigenvalue weighted by atomic mass is 10.2. The molecule has 0 radical (unpaired) electrons. The number of benzene rings is 3. The Hall–Kier alpha value is -3.25. The van der Waals surface area contributed by atoms with E-state index in [2.05, 4.69) is 0 Å². The maximum atomic E-state index is 13.2. The molecule has 0 fully saturated rings. The maximum absolute atomic E-state index is 13.2. The van der Waals surface area contributed by atoms with Gasteiger partial charge in [0.05, 0.1) is 9.80 Å². The smallest absolute Gasteiger partial charge is 0.252 e. The zero-order valence-corrected chi connectivity index (χ0v) is 15.9. The minimum absolute atomic E-state index is 0.0988. The SMILES string of the molecule is CN(C(=O)/C=C(\c1ccccc1)S(=O)(=O)c1ccccc1)c1ccc(F)cc1. The Morgan fingerprint density at radius 2 is 1.39 bits per heavy atom. The highest BCUT2D eigenvalue weighted by Crippen LogP contribution is 2.28. The third kappa shape index (κ3) is 4.18. The molecule has 0 unspecified atom stereocenters. The molecule has 3 aromatic rings. The average Bonchev–Trinajstić information content (AvgIpc) is 2.73. The highest BCUT2D eigenvalue weighted by molar-refractivity contribution is 8.00. The van der Waals surface area contributed by atoms with Crippen molar-refractivity contribution in [3.63, 3.8) is 0 Å². The van der Waals surface area contributed by atoms with Gasteiger partial charge in [0.15, 0.2) is 0 Å². The van der Waals surface area contributed by atoms with E-state index in [0.29, 0.717) is 11.3 Å². The number of rotatable bonds is 5. The van der Waals surface area contributed by atoms with E-state index in [4.69, 9.17) is 0 Å². The highest BCUT2D eigenvalue weighted by atomic mass is 32.2. The number of anilines is 1. The molecule has 0 aromatic heterocycles. The number of likely N-dealkylation sites (N-methyl/N-ethyl adjacent to an activating group) is 1. The van der Waals surface area contributed by atoms with Crippen molar-refractivity contribution in [2.75, 3.05) is 11.9 Å². The van der Waals surface area contributed by atoms with Gasteiger partial charge in [-0.15, -0.1) is 0 Å². The van der Waals surface area contributed by atoms with Crippen molar-refractivity contribution in [2.24, 2.45) is 0 Å². The molecular weight excluding hydrogens is 377 g/mol. The summed E-state index contributed by atoms with van der Waals surface area (Å²) in [6.45, 7) is 0. The fraction of sp³-hybridized carbons (Fsp3) is 0.0455. The molecule has 142 valence electrons. The lowest BCUT2D eigenvalue weighted by Crippen LogP contribution is -2.25. The Kier molecular flexibility index (Phi) is 5.70. The molecule has 4 nitrogen and oxygen atoms in total. The summed E-state index contributed by atoms with van der Waals surface area (Å²) in [6, 6.07) is 21.8. The molecule has 0 aliphatic heterocycles. The molecule has 3 aromatic carbocycles. The molecule has 28 heavy (non-hydrogen) atoms. The van der Waals surface area contributed by atoms with Crippen LogP contribution in [0, 0.1) is 5.82 Å². The first kappa shape index (κ1) is 19.5. The lowest BCUT2D eigenvalue weighted by Gasteiger charge is -2.17. The van der Waals surface area contributed by atoms with Crippen LogP contribution in [0.3, 0.4) is 0 Å². The van der Waals surface area contributed by atoms with Gasteiger partial charge in [0.2, 0.25) is 9.84 Å². The molecule has 0 bridgehead atoms. The first-order valence-corrected chi connectivity index (χ1v) is 9.98. The van der Waals surface area contributed by atoms with Crippen LogP contribution in [0.2, 0.25) is 0 Å². The molecule has 0 atom stereocenters. The molecule has 0 spiro atoms. The van der Waals surface area contributed by atoms with E-state index in [1.165, 1.54) is 48.3 Å². The molecule has 0 aliphatic carbocycles. The number of amides is 1. The number of hydrogen-bond acceptors (Lipinski definition) is 3. The second kappa shape index (κ2) is 8.19. The van der Waals surface area contributed by atoms with Crippen molar-refractivity contribution in [3.8, 4) is 0 Å². The van der Waals surface area contributed by atoms with Crippen molar-refractivity contribution in [3.05, 3.63) is 102 Å². The molecule has 0 heterocycles. The Balaban J connectivity index is 2.07. The number of halogens is 1. The van der Waals surface area contributed by atoms with Crippen molar-refractivity contribution < 1.29 is 17.6 Å². The number of carbonyl (C=O) groups excluding carboxylic acids is 1. The van der Waals surface area contributed by atoms with Gasteiger partial charge in [0, 0.05) is 18.8 Å². The van der Waals surface area contributed by atoms with Crippen molar-refractivity contribution in [1.82, 2.24) is 0 Å². The van der Waals surface area contributed by atoms with E-state index in [0.717, 1.165) is 6.08 Å². The molecule has 0 saturated heterocycles. The number of sulfone groups is 1. The molecule has 0 aliphatic rings. The van der Waals surface area contributed by atoms with Crippen LogP contribution >= 0.6 is 0 Å². The minimum Gasteiger partial charge on any atom is -0.312 e. The fourth-order valence-corrected chi connectivity index (χ4v) is 4.12. The number of carbonyl (C=O) groups is 1. The second-order valence-corrected chi connectivity index (χ2v) is 7.98. The summed E-state index contributed by atoms with van der Waals surface area (Å²) >= 11 is 0. The summed E-state index contributed by atoms with van der Waals surface area (Å²) in [5.74, 6) is -0.957. The predicted molar refractivity (Wildman–Crippen MR) is 108 cm³/mol. The topological polar surface area (TPSA) is 54.5 Å². The summed E-state index contributed by atoms with van der Waals surface area (Å²) in [5.41, 5.74) is 0.861. The van der Waals surface area contributed by atoms with E-state index < -0.39 is 21.6 Å². The van der Waals surface area contributed by atoms with E-state index in [-0.39, 0.29) is 9.80 Å². The van der Waals surface area contributed by atoms with Gasteiger partial charge in [-0.05, 0) is 42.0 Å². The van der Waals surface area contributed by atoms with Crippen molar-refractivity contribution in [2.45, 2.75) is 4.90 Å². The minimum atomic E-state index is -3.92. The van der Waals surface area contributed by atoms with E-state index in [1.807, 2.05) is 0 Å². The first-order chi connectivity index (χ1) is 13.4. The molecular formula is C22H18FNO3S. The molecule has 0 saturated carbocycles. The van der Waals surface area contributed by atoms with Gasteiger partial charge in [-0.25, -0.2) is 12.8 Å². The van der Waals surface area contributed by atoms with Crippen molar-refractivity contribution in [1.29, 1.82) is 0 Å². The van der Waals surface area contributed by atoms with Crippen LogP contribution in [-0.4, -0.2) is 21.4 Å². The van der Waals surface area contributed by atoms with Gasteiger partial charge in [0.25, 0.3) is 5.91 Å². The van der Waals surface area contributed by atoms with Crippen LogP contribution in [0.25, 0.3) is 4.91 Å². The van der Waals surface area contributed by atoms with Gasteiger partial charge >= 0.3 is 0 Å². The lowest BCUT2D eigenvalue weighted by molar-refractivity contribution is -0.113. The monoisotopic (exact) mass is 395 g/mol.